The number of likely N-dealkylation sites (tertiary alicyclic amines) is 1. The Labute approximate surface area is 350 Å². The highest BCUT2D eigenvalue weighted by atomic mass is 19.3. The van der Waals surface area contributed by atoms with Crippen LogP contribution in [0.3, 0.4) is 0 Å². The zero-order valence-electron chi connectivity index (χ0n) is 35.2. The number of piperidine rings is 1. The van der Waals surface area contributed by atoms with Gasteiger partial charge in [0.25, 0.3) is 5.91 Å². The summed E-state index contributed by atoms with van der Waals surface area (Å²) in [6, 6.07) is 16.0. The molecule has 6 fully saturated rings. The molecule has 2 aliphatic carbocycles. The van der Waals surface area contributed by atoms with Crippen molar-refractivity contribution in [1.29, 1.82) is 0 Å². The van der Waals surface area contributed by atoms with E-state index in [1.807, 2.05) is 46.2 Å². The zero-order valence-corrected chi connectivity index (χ0v) is 35.2. The zero-order chi connectivity index (χ0) is 40.4. The monoisotopic (exact) mass is 812 g/mol. The number of amides is 1. The molecule has 320 valence electrons. The molecule has 5 heterocycles. The number of aryl methyl sites for hydroxylation is 1. The van der Waals surface area contributed by atoms with Crippen LogP contribution in [0.2, 0.25) is 0 Å². The number of fused-ring (bicyclic) bond motifs is 3. The lowest BCUT2D eigenvalue weighted by Crippen LogP contribution is -2.80. The van der Waals surface area contributed by atoms with Gasteiger partial charge in [-0.25, -0.2) is 0 Å². The third-order valence-electron chi connectivity index (χ3n) is 15.6. The van der Waals surface area contributed by atoms with Crippen LogP contribution >= 0.6 is 0 Å². The predicted molar refractivity (Wildman–Crippen MR) is 228 cm³/mol. The minimum absolute atomic E-state index is 0.0400. The van der Waals surface area contributed by atoms with Gasteiger partial charge in [0.05, 0.1) is 0 Å². The van der Waals surface area contributed by atoms with Gasteiger partial charge in [-0.3, -0.25) is 25.0 Å². The van der Waals surface area contributed by atoms with Crippen LogP contribution in [0.1, 0.15) is 137 Å². The van der Waals surface area contributed by atoms with Crippen molar-refractivity contribution in [3.63, 3.8) is 0 Å². The number of anilines is 1. The summed E-state index contributed by atoms with van der Waals surface area (Å²) in [7, 11) is 0. The van der Waals surface area contributed by atoms with Gasteiger partial charge >= 0.3 is 6.61 Å². The second-order valence-corrected chi connectivity index (χ2v) is 19.1. The first-order chi connectivity index (χ1) is 28.8. The maximum atomic E-state index is 14.0. The molecule has 9 rings (SSSR count). The summed E-state index contributed by atoms with van der Waals surface area (Å²) in [5.74, 6) is 2.60. The van der Waals surface area contributed by atoms with Crippen molar-refractivity contribution in [3.05, 3.63) is 77.6 Å². The fraction of sp³-hybridized carbons (Fsp3) is 0.667. The van der Waals surface area contributed by atoms with Crippen molar-refractivity contribution in [2.45, 2.75) is 153 Å². The van der Waals surface area contributed by atoms with Crippen LogP contribution in [-0.4, -0.2) is 75.6 Å². The van der Waals surface area contributed by atoms with Gasteiger partial charge in [-0.2, -0.15) is 13.9 Å². The Morgan fingerprint density at radius 2 is 1.68 bits per heavy atom. The number of hydrogen-bond donors (Lipinski definition) is 3. The van der Waals surface area contributed by atoms with Crippen LogP contribution in [0.25, 0.3) is 0 Å². The van der Waals surface area contributed by atoms with Gasteiger partial charge in [0.15, 0.2) is 0 Å². The average Bonchev–Trinajstić information content (AvgIpc) is 3.92. The van der Waals surface area contributed by atoms with Crippen molar-refractivity contribution in [3.8, 4) is 5.75 Å². The second-order valence-electron chi connectivity index (χ2n) is 19.1. The molecule has 1 spiro atoms. The number of rotatable bonds is 8. The topological polar surface area (TPSA) is 86.7 Å². The fourth-order valence-electron chi connectivity index (χ4n) is 13.0. The van der Waals surface area contributed by atoms with Gasteiger partial charge in [-0.05, 0) is 117 Å². The minimum atomic E-state index is -2.84. The van der Waals surface area contributed by atoms with E-state index in [-0.39, 0.29) is 35.1 Å². The predicted octanol–water partition coefficient (Wildman–Crippen LogP) is 9.51. The quantitative estimate of drug-likeness (QED) is 0.209. The van der Waals surface area contributed by atoms with E-state index in [2.05, 4.69) is 45.0 Å². The van der Waals surface area contributed by atoms with Gasteiger partial charge < -0.3 is 15.0 Å². The molecule has 59 heavy (non-hydrogen) atoms. The molecule has 6 aliphatic rings. The summed E-state index contributed by atoms with van der Waals surface area (Å²) in [6.07, 6.45) is 24.9. The molecule has 3 bridgehead atoms. The molecule has 3 aromatic rings. The lowest BCUT2D eigenvalue weighted by atomic mass is 9.68. The molecule has 0 radical (unpaired) electrons. The summed E-state index contributed by atoms with van der Waals surface area (Å²) in [5, 5.41) is 17.1. The highest BCUT2D eigenvalue weighted by Crippen LogP contribution is 2.59. The summed E-state index contributed by atoms with van der Waals surface area (Å²) in [5.41, 5.74) is 3.58. The molecule has 1 aromatic heterocycles. The number of carbonyl (C=O) groups is 1. The van der Waals surface area contributed by atoms with Gasteiger partial charge in [0.2, 0.25) is 0 Å². The Balaban J connectivity index is 1.04. The number of hydrogen-bond acceptors (Lipinski definition) is 7. The molecule has 7 atom stereocenters. The van der Waals surface area contributed by atoms with Crippen LogP contribution in [0.4, 0.5) is 14.5 Å². The molecule has 9 nitrogen and oxygen atoms in total. The average molecular weight is 812 g/mol. The Hall–Kier alpha value is -3.54. The van der Waals surface area contributed by atoms with E-state index < -0.39 is 6.61 Å². The largest absolute Gasteiger partial charge is 0.435 e. The van der Waals surface area contributed by atoms with Crippen molar-refractivity contribution >= 4 is 11.6 Å². The summed E-state index contributed by atoms with van der Waals surface area (Å²) >= 11 is 0. The van der Waals surface area contributed by atoms with Crippen LogP contribution in [0.5, 0.6) is 5.75 Å². The smallest absolute Gasteiger partial charge is 0.387 e. The third kappa shape index (κ3) is 8.29. The van der Waals surface area contributed by atoms with E-state index in [1.165, 1.54) is 95.5 Å². The lowest BCUT2D eigenvalue weighted by Gasteiger charge is -2.61. The lowest BCUT2D eigenvalue weighted by molar-refractivity contribution is -0.108. The fourth-order valence-corrected chi connectivity index (χ4v) is 13.0. The number of nitrogens with one attached hydrogen (secondary N) is 3. The van der Waals surface area contributed by atoms with E-state index >= 15 is 0 Å². The first-order valence-electron chi connectivity index (χ1n) is 23.3. The molecular weight excluding hydrogens is 745 g/mol. The molecular formula is C48H67F2N7O2. The van der Waals surface area contributed by atoms with Gasteiger partial charge in [0, 0.05) is 67.9 Å². The molecule has 1 amide bonds. The van der Waals surface area contributed by atoms with Gasteiger partial charge in [0.1, 0.15) is 17.6 Å². The number of piperazine rings is 1. The highest BCUT2D eigenvalue weighted by molar-refractivity contribution is 5.96. The molecule has 4 saturated heterocycles. The molecule has 3 N–H and O–H groups in total. The van der Waals surface area contributed by atoms with Crippen molar-refractivity contribution in [1.82, 2.24) is 30.2 Å². The number of halogens is 2. The summed E-state index contributed by atoms with van der Waals surface area (Å²) in [6.45, 7) is 3.40. The summed E-state index contributed by atoms with van der Waals surface area (Å²) in [4.78, 5) is 19.0. The maximum Gasteiger partial charge on any atom is 0.387 e. The van der Waals surface area contributed by atoms with E-state index in [0.717, 1.165) is 68.8 Å². The van der Waals surface area contributed by atoms with Gasteiger partial charge in [-0.1, -0.05) is 82.8 Å². The van der Waals surface area contributed by atoms with Gasteiger partial charge in [-0.15, -0.1) is 0 Å². The van der Waals surface area contributed by atoms with Crippen LogP contribution in [0.15, 0.2) is 60.9 Å². The third-order valence-corrected chi connectivity index (χ3v) is 15.6. The first-order valence-corrected chi connectivity index (χ1v) is 23.3. The van der Waals surface area contributed by atoms with E-state index in [9.17, 15) is 13.6 Å². The van der Waals surface area contributed by atoms with Crippen LogP contribution < -0.4 is 20.7 Å². The number of benzene rings is 2. The maximum absolute atomic E-state index is 14.0. The molecule has 4 aliphatic heterocycles. The second kappa shape index (κ2) is 17.8. The number of aromatic nitrogens is 2. The Kier molecular flexibility index (Phi) is 12.3. The number of alkyl halides is 2. The van der Waals surface area contributed by atoms with E-state index in [4.69, 9.17) is 4.74 Å². The minimum Gasteiger partial charge on any atom is -0.435 e. The Morgan fingerprint density at radius 3 is 2.42 bits per heavy atom. The highest BCUT2D eigenvalue weighted by Gasteiger charge is 2.68. The summed E-state index contributed by atoms with van der Waals surface area (Å²) < 4.78 is 33.3. The van der Waals surface area contributed by atoms with Crippen LogP contribution in [-0.2, 0) is 6.54 Å². The molecule has 7 unspecified atom stereocenters. The molecule has 11 heteroatoms. The van der Waals surface area contributed by atoms with Crippen molar-refractivity contribution in [2.75, 3.05) is 31.5 Å². The molecule has 2 aromatic carbocycles. The first kappa shape index (κ1) is 40.8. The molecule has 2 saturated carbocycles. The normalized spacial score (nSPS) is 32.2. The Morgan fingerprint density at radius 1 is 0.932 bits per heavy atom. The number of ether oxygens (including phenoxy) is 1. The number of carbonyl (C=O) groups excluding carboxylic acids is 1. The Bertz CT molecular complexity index is 1850. The SMILES string of the molecule is Cc1cc(NC2NCC34CCCCCCCC(C3)C3CCCCCCCC3C23NCC(c2ccc(OC(F)F)cc2)N43)ccc1C(=O)N1CCC(Cn2cccn2)CC1. The standard InChI is InChI=1S/C48H67F2N7O2/c1-34-29-38(18-21-40(34)44(58)55-27-22-35(23-28-55)32-56-26-12-25-53-56)54-45-48-42-15-10-6-2-5-9-14-41(42)37-13-8-4-3-7-11-24-47(30-37,33-51-45)57(48)43(31-52-48)36-16-19-39(20-17-36)59-46(49)50/h12,16-21,25-26,29,35,37,41-43,45-46,51-52,54H,2-11,13-15,22-24,27-28,30-33H2,1H3. The van der Waals surface area contributed by atoms with E-state index in [1.54, 1.807) is 12.1 Å². The van der Waals surface area contributed by atoms with Crippen LogP contribution in [0, 0.1) is 30.6 Å². The number of nitrogens with zero attached hydrogens (tertiary/aromatic N) is 4. The van der Waals surface area contributed by atoms with Crippen molar-refractivity contribution < 1.29 is 18.3 Å². The van der Waals surface area contributed by atoms with Crippen molar-refractivity contribution in [2.24, 2.45) is 23.7 Å². The van der Waals surface area contributed by atoms with E-state index in [0.29, 0.717) is 23.7 Å².